The van der Waals surface area contributed by atoms with Crippen molar-refractivity contribution in [3.8, 4) is 0 Å². The summed E-state index contributed by atoms with van der Waals surface area (Å²) < 4.78 is 4.80. The van der Waals surface area contributed by atoms with Crippen molar-refractivity contribution in [1.82, 2.24) is 5.32 Å². The molecule has 0 bridgehead atoms. The number of carbonyl (C=O) groups excluding carboxylic acids is 1. The lowest BCUT2D eigenvalue weighted by Gasteiger charge is -2.16. The molecule has 4 nitrogen and oxygen atoms in total. The zero-order valence-electron chi connectivity index (χ0n) is 10.2. The smallest absolute Gasteiger partial charge is 0.339 e. The number of carbonyl (C=O) groups is 1. The van der Waals surface area contributed by atoms with Gasteiger partial charge in [-0.3, -0.25) is 0 Å². The second-order valence-corrected chi connectivity index (χ2v) is 4.37. The fourth-order valence-electron chi connectivity index (χ4n) is 2.06. The van der Waals surface area contributed by atoms with E-state index in [4.69, 9.17) is 4.74 Å². The lowest BCUT2D eigenvalue weighted by Crippen LogP contribution is -2.23. The van der Waals surface area contributed by atoms with Crippen LogP contribution in [0, 0.1) is 6.92 Å². The van der Waals surface area contributed by atoms with Crippen LogP contribution in [0.25, 0.3) is 0 Å². The van der Waals surface area contributed by atoms with E-state index in [2.05, 4.69) is 10.6 Å². The Balaban J connectivity index is 2.22. The predicted octanol–water partition coefficient (Wildman–Crippen LogP) is 1.56. The number of rotatable bonds is 3. The molecule has 1 fully saturated rings. The molecule has 0 radical (unpaired) electrons. The number of anilines is 1. The van der Waals surface area contributed by atoms with E-state index >= 15 is 0 Å². The van der Waals surface area contributed by atoms with Crippen molar-refractivity contribution in [1.29, 1.82) is 0 Å². The molecular weight excluding hydrogens is 216 g/mol. The average Bonchev–Trinajstić information content (AvgIpc) is 2.83. The van der Waals surface area contributed by atoms with Crippen LogP contribution in [0.2, 0.25) is 0 Å². The summed E-state index contributed by atoms with van der Waals surface area (Å²) in [7, 11) is 1.41. The molecule has 0 aromatic heterocycles. The van der Waals surface area contributed by atoms with Gasteiger partial charge in [0.25, 0.3) is 0 Å². The summed E-state index contributed by atoms with van der Waals surface area (Å²) in [5.41, 5.74) is 2.52. The fraction of sp³-hybridized carbons (Fsp3) is 0.462. The molecule has 0 spiro atoms. The molecule has 1 aromatic carbocycles. The average molecular weight is 234 g/mol. The molecule has 17 heavy (non-hydrogen) atoms. The highest BCUT2D eigenvalue weighted by Gasteiger charge is 2.18. The van der Waals surface area contributed by atoms with Gasteiger partial charge in [-0.05, 0) is 32.0 Å². The Labute approximate surface area is 101 Å². The van der Waals surface area contributed by atoms with Gasteiger partial charge in [0.15, 0.2) is 0 Å². The molecule has 2 rings (SSSR count). The van der Waals surface area contributed by atoms with Crippen LogP contribution in [-0.4, -0.2) is 32.2 Å². The monoisotopic (exact) mass is 234 g/mol. The van der Waals surface area contributed by atoms with Gasteiger partial charge in [-0.25, -0.2) is 4.79 Å². The number of methoxy groups -OCH3 is 1. The molecule has 2 N–H and O–H groups in total. The normalized spacial score (nSPS) is 19.1. The Morgan fingerprint density at radius 1 is 1.53 bits per heavy atom. The topological polar surface area (TPSA) is 50.4 Å². The molecule has 0 aliphatic carbocycles. The molecule has 1 aromatic rings. The van der Waals surface area contributed by atoms with Crippen molar-refractivity contribution < 1.29 is 9.53 Å². The summed E-state index contributed by atoms with van der Waals surface area (Å²) in [5.74, 6) is -0.290. The summed E-state index contributed by atoms with van der Waals surface area (Å²) in [4.78, 5) is 11.7. The first kappa shape index (κ1) is 11.9. The van der Waals surface area contributed by atoms with Gasteiger partial charge < -0.3 is 15.4 Å². The minimum Gasteiger partial charge on any atom is -0.465 e. The summed E-state index contributed by atoms with van der Waals surface area (Å²) in [6.45, 7) is 3.93. The Hall–Kier alpha value is -1.55. The van der Waals surface area contributed by atoms with Crippen molar-refractivity contribution in [2.45, 2.75) is 19.4 Å². The van der Waals surface area contributed by atoms with Gasteiger partial charge in [0.1, 0.15) is 0 Å². The lowest BCUT2D eigenvalue weighted by molar-refractivity contribution is 0.0601. The van der Waals surface area contributed by atoms with E-state index in [-0.39, 0.29) is 5.97 Å². The van der Waals surface area contributed by atoms with Crippen molar-refractivity contribution in [3.05, 3.63) is 29.3 Å². The van der Waals surface area contributed by atoms with E-state index in [1.807, 2.05) is 25.1 Å². The van der Waals surface area contributed by atoms with E-state index in [0.717, 1.165) is 30.8 Å². The molecule has 1 heterocycles. The molecule has 92 valence electrons. The van der Waals surface area contributed by atoms with Crippen LogP contribution in [-0.2, 0) is 4.74 Å². The highest BCUT2D eigenvalue weighted by atomic mass is 16.5. The second-order valence-electron chi connectivity index (χ2n) is 4.37. The Bertz CT molecular complexity index is 412. The van der Waals surface area contributed by atoms with Gasteiger partial charge in [-0.1, -0.05) is 11.6 Å². The molecule has 1 unspecified atom stereocenters. The van der Waals surface area contributed by atoms with Gasteiger partial charge in [0.2, 0.25) is 0 Å². The highest BCUT2D eigenvalue weighted by molar-refractivity contribution is 5.95. The SMILES string of the molecule is COC(=O)c1cc(C)ccc1NC1CCNC1. The van der Waals surface area contributed by atoms with E-state index in [9.17, 15) is 4.79 Å². The van der Waals surface area contributed by atoms with Gasteiger partial charge in [0, 0.05) is 18.3 Å². The largest absolute Gasteiger partial charge is 0.465 e. The number of hydrogen-bond acceptors (Lipinski definition) is 4. The maximum atomic E-state index is 11.7. The van der Waals surface area contributed by atoms with Gasteiger partial charge in [-0.15, -0.1) is 0 Å². The first-order valence-corrected chi connectivity index (χ1v) is 5.87. The molecule has 1 saturated heterocycles. The van der Waals surface area contributed by atoms with E-state index in [1.54, 1.807) is 0 Å². The van der Waals surface area contributed by atoms with E-state index in [0.29, 0.717) is 11.6 Å². The molecule has 0 saturated carbocycles. The molecule has 1 aliphatic heterocycles. The third-order valence-corrected chi connectivity index (χ3v) is 3.00. The van der Waals surface area contributed by atoms with Crippen molar-refractivity contribution in [2.75, 3.05) is 25.5 Å². The summed E-state index contributed by atoms with van der Waals surface area (Å²) in [5, 5.41) is 6.68. The predicted molar refractivity (Wildman–Crippen MR) is 67.4 cm³/mol. The lowest BCUT2D eigenvalue weighted by atomic mass is 10.1. The number of hydrogen-bond donors (Lipinski definition) is 2. The van der Waals surface area contributed by atoms with Crippen molar-refractivity contribution in [2.24, 2.45) is 0 Å². The summed E-state index contributed by atoms with van der Waals surface area (Å²) in [6, 6.07) is 6.19. The highest BCUT2D eigenvalue weighted by Crippen LogP contribution is 2.20. The Morgan fingerprint density at radius 2 is 2.35 bits per heavy atom. The Morgan fingerprint density at radius 3 is 3.00 bits per heavy atom. The fourth-order valence-corrected chi connectivity index (χ4v) is 2.06. The van der Waals surface area contributed by atoms with Crippen molar-refractivity contribution >= 4 is 11.7 Å². The van der Waals surface area contributed by atoms with Gasteiger partial charge in [0.05, 0.1) is 12.7 Å². The second kappa shape index (κ2) is 5.19. The first-order valence-electron chi connectivity index (χ1n) is 5.87. The van der Waals surface area contributed by atoms with Crippen LogP contribution < -0.4 is 10.6 Å². The zero-order chi connectivity index (χ0) is 12.3. The third kappa shape index (κ3) is 2.77. The molecule has 0 amide bonds. The van der Waals surface area contributed by atoms with Crippen LogP contribution in [0.1, 0.15) is 22.3 Å². The van der Waals surface area contributed by atoms with Gasteiger partial charge in [-0.2, -0.15) is 0 Å². The molecule has 4 heteroatoms. The third-order valence-electron chi connectivity index (χ3n) is 3.00. The maximum Gasteiger partial charge on any atom is 0.339 e. The number of benzene rings is 1. The van der Waals surface area contributed by atoms with Crippen LogP contribution in [0.4, 0.5) is 5.69 Å². The zero-order valence-corrected chi connectivity index (χ0v) is 10.2. The number of esters is 1. The standard InChI is InChI=1S/C13H18N2O2/c1-9-3-4-12(11(7-9)13(16)17-2)15-10-5-6-14-8-10/h3-4,7,10,14-15H,5-6,8H2,1-2H3. The Kier molecular flexibility index (Phi) is 3.64. The maximum absolute atomic E-state index is 11.7. The van der Waals surface area contributed by atoms with Gasteiger partial charge >= 0.3 is 5.97 Å². The number of ether oxygens (including phenoxy) is 1. The quantitative estimate of drug-likeness (QED) is 0.779. The molecular formula is C13H18N2O2. The van der Waals surface area contributed by atoms with Crippen LogP contribution >= 0.6 is 0 Å². The number of nitrogens with one attached hydrogen (secondary N) is 2. The number of aryl methyl sites for hydroxylation is 1. The first-order chi connectivity index (χ1) is 8.20. The van der Waals surface area contributed by atoms with Crippen LogP contribution in [0.15, 0.2) is 18.2 Å². The minimum absolute atomic E-state index is 0.290. The van der Waals surface area contributed by atoms with Crippen LogP contribution in [0.3, 0.4) is 0 Å². The minimum atomic E-state index is -0.290. The van der Waals surface area contributed by atoms with Crippen LogP contribution in [0.5, 0.6) is 0 Å². The summed E-state index contributed by atoms with van der Waals surface area (Å²) >= 11 is 0. The molecule has 1 aliphatic rings. The molecule has 1 atom stereocenters. The van der Waals surface area contributed by atoms with E-state index < -0.39 is 0 Å². The van der Waals surface area contributed by atoms with Crippen molar-refractivity contribution in [3.63, 3.8) is 0 Å². The summed E-state index contributed by atoms with van der Waals surface area (Å²) in [6.07, 6.45) is 1.08. The van der Waals surface area contributed by atoms with E-state index in [1.165, 1.54) is 7.11 Å².